The molecular weight excluding hydrogens is 492 g/mol. The number of hydrogen-bond donors (Lipinski definition) is 1. The first-order chi connectivity index (χ1) is 18.1. The molecule has 0 radical (unpaired) electrons. The maximum absolute atomic E-state index is 12.8. The van der Waals surface area contributed by atoms with Crippen molar-refractivity contribution in [2.45, 2.75) is 64.1 Å². The Morgan fingerprint density at radius 1 is 0.895 bits per heavy atom. The number of benzene rings is 2. The number of hydrogen-bond acceptors (Lipinski definition) is 9. The highest BCUT2D eigenvalue weighted by molar-refractivity contribution is 5.90. The molecule has 9 heteroatoms. The maximum atomic E-state index is 12.8. The van der Waals surface area contributed by atoms with E-state index in [2.05, 4.69) is 0 Å². The van der Waals surface area contributed by atoms with Crippen LogP contribution in [0.4, 0.5) is 0 Å². The summed E-state index contributed by atoms with van der Waals surface area (Å²) in [6.07, 6.45) is -3.54. The molecule has 2 aromatic carbocycles. The van der Waals surface area contributed by atoms with Crippen LogP contribution in [0.1, 0.15) is 54.3 Å². The molecule has 1 aliphatic heterocycles. The average molecular weight is 529 g/mol. The van der Waals surface area contributed by atoms with E-state index >= 15 is 0 Å². The van der Waals surface area contributed by atoms with Gasteiger partial charge in [-0.25, -0.2) is 9.59 Å². The van der Waals surface area contributed by atoms with E-state index in [1.807, 2.05) is 0 Å². The van der Waals surface area contributed by atoms with Gasteiger partial charge < -0.3 is 28.8 Å². The molecule has 1 fully saturated rings. The number of aliphatic hydroxyl groups is 1. The Morgan fingerprint density at radius 3 is 2.03 bits per heavy atom. The minimum absolute atomic E-state index is 0.0715. The van der Waals surface area contributed by atoms with Crippen LogP contribution in [0, 0.1) is 5.41 Å². The Labute approximate surface area is 223 Å². The maximum Gasteiger partial charge on any atom is 0.338 e. The molecule has 0 spiro atoms. The SMILES string of the molecule is CO[C@@H]1[C@@H](O)[C@H](CCOC(=O)C(C)(C)C)O[C@@H]1C[C@@H](COC(=O)c1ccccc1)OC(=O)c1ccccc1. The molecule has 5 atom stereocenters. The van der Waals surface area contributed by atoms with Crippen molar-refractivity contribution >= 4 is 17.9 Å². The number of carbonyl (C=O) groups excluding carboxylic acids is 3. The fraction of sp³-hybridized carbons (Fsp3) is 0.483. The third-order valence-corrected chi connectivity index (χ3v) is 6.14. The fourth-order valence-electron chi connectivity index (χ4n) is 4.05. The highest BCUT2D eigenvalue weighted by Crippen LogP contribution is 2.30. The smallest absolute Gasteiger partial charge is 0.338 e. The van der Waals surface area contributed by atoms with Gasteiger partial charge in [0.05, 0.1) is 35.4 Å². The van der Waals surface area contributed by atoms with Crippen molar-refractivity contribution in [1.82, 2.24) is 0 Å². The summed E-state index contributed by atoms with van der Waals surface area (Å²) < 4.78 is 28.0. The third-order valence-electron chi connectivity index (χ3n) is 6.14. The van der Waals surface area contributed by atoms with E-state index < -0.39 is 47.9 Å². The zero-order valence-electron chi connectivity index (χ0n) is 22.2. The zero-order chi connectivity index (χ0) is 27.7. The van der Waals surface area contributed by atoms with Gasteiger partial charge in [0.1, 0.15) is 24.9 Å². The Hall–Kier alpha value is -3.27. The molecule has 0 aromatic heterocycles. The fourth-order valence-corrected chi connectivity index (χ4v) is 4.05. The minimum Gasteiger partial charge on any atom is -0.465 e. The summed E-state index contributed by atoms with van der Waals surface area (Å²) in [4.78, 5) is 37.3. The first-order valence-electron chi connectivity index (χ1n) is 12.6. The lowest BCUT2D eigenvalue weighted by Crippen LogP contribution is -2.38. The summed E-state index contributed by atoms with van der Waals surface area (Å²) >= 11 is 0. The summed E-state index contributed by atoms with van der Waals surface area (Å²) in [6, 6.07) is 16.9. The summed E-state index contributed by atoms with van der Waals surface area (Å²) in [5.74, 6) is -1.48. The molecule has 9 nitrogen and oxygen atoms in total. The Kier molecular flexibility index (Phi) is 10.4. The number of rotatable bonds is 11. The van der Waals surface area contributed by atoms with Crippen LogP contribution in [0.25, 0.3) is 0 Å². The van der Waals surface area contributed by atoms with Gasteiger partial charge in [0.2, 0.25) is 0 Å². The molecular formula is C29H36O9. The van der Waals surface area contributed by atoms with Gasteiger partial charge in [-0.05, 0) is 45.0 Å². The van der Waals surface area contributed by atoms with Crippen molar-refractivity contribution < 1.29 is 43.2 Å². The average Bonchev–Trinajstić information content (AvgIpc) is 3.20. The van der Waals surface area contributed by atoms with Crippen LogP contribution < -0.4 is 0 Å². The predicted molar refractivity (Wildman–Crippen MR) is 137 cm³/mol. The third kappa shape index (κ3) is 8.11. The van der Waals surface area contributed by atoms with Gasteiger partial charge in [0, 0.05) is 20.0 Å². The largest absolute Gasteiger partial charge is 0.465 e. The van der Waals surface area contributed by atoms with Gasteiger partial charge in [-0.2, -0.15) is 0 Å². The molecule has 0 amide bonds. The van der Waals surface area contributed by atoms with Crippen molar-refractivity contribution in [3.05, 3.63) is 71.8 Å². The van der Waals surface area contributed by atoms with Crippen LogP contribution in [0.5, 0.6) is 0 Å². The molecule has 0 aliphatic carbocycles. The van der Waals surface area contributed by atoms with Gasteiger partial charge >= 0.3 is 17.9 Å². The van der Waals surface area contributed by atoms with Gasteiger partial charge in [0.15, 0.2) is 0 Å². The van der Waals surface area contributed by atoms with Crippen molar-refractivity contribution in [2.75, 3.05) is 20.3 Å². The number of aliphatic hydroxyl groups excluding tert-OH is 1. The van der Waals surface area contributed by atoms with E-state index in [9.17, 15) is 19.5 Å². The lowest BCUT2D eigenvalue weighted by molar-refractivity contribution is -0.154. The molecule has 1 saturated heterocycles. The molecule has 0 unspecified atom stereocenters. The number of ether oxygens (including phenoxy) is 5. The predicted octanol–water partition coefficient (Wildman–Crippen LogP) is 3.58. The molecule has 1 N–H and O–H groups in total. The van der Waals surface area contributed by atoms with Crippen molar-refractivity contribution in [2.24, 2.45) is 5.41 Å². The van der Waals surface area contributed by atoms with E-state index in [-0.39, 0.29) is 32.0 Å². The van der Waals surface area contributed by atoms with Gasteiger partial charge in [-0.15, -0.1) is 0 Å². The van der Waals surface area contributed by atoms with E-state index in [0.29, 0.717) is 11.1 Å². The van der Waals surface area contributed by atoms with Crippen LogP contribution in [0.3, 0.4) is 0 Å². The lowest BCUT2D eigenvalue weighted by Gasteiger charge is -2.24. The van der Waals surface area contributed by atoms with E-state index in [0.717, 1.165) is 0 Å². The second kappa shape index (κ2) is 13.5. The molecule has 0 bridgehead atoms. The Bertz CT molecular complexity index is 1050. The van der Waals surface area contributed by atoms with Crippen molar-refractivity contribution in [3.8, 4) is 0 Å². The normalized spacial score (nSPS) is 21.9. The lowest BCUT2D eigenvalue weighted by atomic mass is 9.97. The van der Waals surface area contributed by atoms with Crippen LogP contribution in [0.15, 0.2) is 60.7 Å². The molecule has 2 aromatic rings. The summed E-state index contributed by atoms with van der Waals surface area (Å²) in [5, 5.41) is 10.8. The molecule has 0 saturated carbocycles. The second-order valence-electron chi connectivity index (χ2n) is 10.2. The highest BCUT2D eigenvalue weighted by Gasteiger charge is 2.45. The number of methoxy groups -OCH3 is 1. The summed E-state index contributed by atoms with van der Waals surface area (Å²) in [7, 11) is 1.45. The van der Waals surface area contributed by atoms with Crippen molar-refractivity contribution in [3.63, 3.8) is 0 Å². The number of esters is 3. The molecule has 38 heavy (non-hydrogen) atoms. The first-order valence-corrected chi connectivity index (χ1v) is 12.6. The van der Waals surface area contributed by atoms with E-state index in [1.165, 1.54) is 7.11 Å². The molecule has 1 aliphatic rings. The van der Waals surface area contributed by atoms with Gasteiger partial charge in [0.25, 0.3) is 0 Å². The number of carbonyl (C=O) groups is 3. The standard InChI is InChI=1S/C29H36O9/c1-29(2,3)28(33)35-16-15-22-24(30)25(34-4)23(38-22)17-21(37-27(32)20-13-9-6-10-14-20)18-36-26(31)19-11-7-5-8-12-19/h5-14,21-25,30H,15-18H2,1-4H3/t21-,22-,23+,24-,25-/m0/s1. The highest BCUT2D eigenvalue weighted by atomic mass is 16.6. The van der Waals surface area contributed by atoms with E-state index in [4.69, 9.17) is 23.7 Å². The van der Waals surface area contributed by atoms with E-state index in [1.54, 1.807) is 81.4 Å². The topological polar surface area (TPSA) is 118 Å². The van der Waals surface area contributed by atoms with Crippen LogP contribution >= 0.6 is 0 Å². The Morgan fingerprint density at radius 2 is 1.47 bits per heavy atom. The quantitative estimate of drug-likeness (QED) is 0.345. The summed E-state index contributed by atoms with van der Waals surface area (Å²) in [6.45, 7) is 5.13. The van der Waals surface area contributed by atoms with Crippen molar-refractivity contribution in [1.29, 1.82) is 0 Å². The second-order valence-corrected chi connectivity index (χ2v) is 10.2. The van der Waals surface area contributed by atoms with Crippen LogP contribution in [-0.4, -0.2) is 73.9 Å². The van der Waals surface area contributed by atoms with Gasteiger partial charge in [-0.1, -0.05) is 36.4 Å². The zero-order valence-corrected chi connectivity index (χ0v) is 22.2. The molecule has 3 rings (SSSR count). The summed E-state index contributed by atoms with van der Waals surface area (Å²) in [5.41, 5.74) is 0.0775. The Balaban J connectivity index is 1.66. The van der Waals surface area contributed by atoms with Crippen LogP contribution in [-0.2, 0) is 28.5 Å². The van der Waals surface area contributed by atoms with Gasteiger partial charge in [-0.3, -0.25) is 4.79 Å². The first kappa shape index (κ1) is 29.3. The van der Waals surface area contributed by atoms with Crippen LogP contribution in [0.2, 0.25) is 0 Å². The monoisotopic (exact) mass is 528 g/mol. The molecule has 206 valence electrons. The minimum atomic E-state index is -0.990. The molecule has 1 heterocycles.